The maximum atomic E-state index is 13.3. The van der Waals surface area contributed by atoms with E-state index in [1.54, 1.807) is 176 Å². The molecule has 4 aliphatic rings. The zero-order valence-corrected chi connectivity index (χ0v) is 78.1. The van der Waals surface area contributed by atoms with Crippen LogP contribution in [-0.2, 0) is 41.6 Å². The molecule has 0 saturated heterocycles. The Hall–Kier alpha value is -13.9. The second-order valence-corrected chi connectivity index (χ2v) is 34.9. The highest BCUT2D eigenvalue weighted by atomic mass is 79.9. The number of fused-ring (bicyclic) bond motifs is 12. The lowest BCUT2D eigenvalue weighted by Crippen LogP contribution is -2.42. The average Bonchev–Trinajstić information content (AvgIpc) is 1.62. The zero-order chi connectivity index (χ0) is 93.4. The van der Waals surface area contributed by atoms with Crippen LogP contribution < -0.4 is 19.5 Å². The molecule has 6 aromatic heterocycles. The van der Waals surface area contributed by atoms with Gasteiger partial charge in [0.05, 0.1) is 25.9 Å². The molecule has 0 saturated carbocycles. The van der Waals surface area contributed by atoms with E-state index in [1.807, 2.05) is 127 Å². The minimum Gasteiger partial charge on any atom is -0.497 e. The number of hydrogen-bond acceptors (Lipinski definition) is 16. The first-order chi connectivity index (χ1) is 64.3. The number of methoxy groups -OCH3 is 1. The maximum Gasteiger partial charge on any atom is 0.416 e. The van der Waals surface area contributed by atoms with Crippen LogP contribution in [0.4, 0.5) is 25.1 Å². The molecule has 0 fully saturated rings. The summed E-state index contributed by atoms with van der Waals surface area (Å²) in [6.07, 6.45) is 6.95. The number of H-pyrrole nitrogens is 4. The first kappa shape index (κ1) is 92.4. The van der Waals surface area contributed by atoms with Gasteiger partial charge in [0.15, 0.2) is 0 Å². The molecule has 0 radical (unpaired) electrons. The van der Waals surface area contributed by atoms with Crippen LogP contribution in [0, 0.1) is 0 Å². The Labute approximate surface area is 794 Å². The summed E-state index contributed by atoms with van der Waals surface area (Å²) in [5.41, 5.74) is 17.8. The van der Waals surface area contributed by atoms with Crippen molar-refractivity contribution in [2.45, 2.75) is 70.1 Å². The number of carboxylic acids is 1. The number of aromatic amines is 4. The van der Waals surface area contributed by atoms with E-state index in [-0.39, 0.29) is 41.6 Å². The minimum absolute atomic E-state index is 0.0608. The van der Waals surface area contributed by atoms with Gasteiger partial charge in [-0.3, -0.25) is 34.2 Å². The van der Waals surface area contributed by atoms with E-state index in [2.05, 4.69) is 62.2 Å². The number of amides is 6. The third-order valence-electron chi connectivity index (χ3n) is 23.9. The molecule has 19 rings (SSSR count). The fraction of sp³-hybridized carbons (Fsp3) is 0.228. The van der Waals surface area contributed by atoms with Gasteiger partial charge in [-0.15, -0.1) is 0 Å². The Bertz CT molecular complexity index is 6840. The van der Waals surface area contributed by atoms with Gasteiger partial charge in [0.1, 0.15) is 41.4 Å². The standard InChI is InChI=1S/C29H29ClN4O3.C25H18BrClN2O4.C24H22ClN5O3.C23H24ClN3O3/c1-3-37-29(36)34-17-14-23-24-18-21(30)11-12-25(24)32-26(23)27(34)19-7-9-20(10-8-19)28(35)33(2)16-13-22-6-4-5-15-31-22;26-16-5-10-21-20(13-16)19-11-12-29(25(32)33-18-8-6-17(27)7-9-18)23(22(19)28-21)14-1-3-15(4-2-14)24(30)31;1-26-23-27-12-14(13-28-23)22-21-18(19-11-15(25)3-8-20(19)29-21)9-10-30(22)24(31)33-17-6-4-16(32-2)5-7-17;1-4-30-23(29)27-11-10-17-18-13-16(24)8-9-19(18)25-20(17)21(27)14-6-5-7-15(12-14)22(28)26(2)3/h4-12,15,18,27,32H,3,13-14,16-17H2,1-2H3;1-10,13,23,28H,11-12H2,(H,30,31);3-8,11-13,22,29H,9-10H2,1-2H3,(H,26,27,28);5-9,12-13,21,25H,4,10-11H2,1-3H3. The molecule has 10 heterocycles. The topological polar surface area (TPSA) is 319 Å². The molecule has 0 spiro atoms. The number of nitrogens with zero attached hydrogens (tertiary/aromatic N) is 9. The molecule has 4 unspecified atom stereocenters. The third-order valence-corrected chi connectivity index (χ3v) is 25.4. The van der Waals surface area contributed by atoms with Gasteiger partial charge in [-0.05, 0) is 248 Å². The number of hydrogen-bond donors (Lipinski definition) is 6. The smallest absolute Gasteiger partial charge is 0.416 e. The van der Waals surface area contributed by atoms with Gasteiger partial charge in [-0.25, -0.2) is 33.9 Å². The Morgan fingerprint density at radius 1 is 0.444 bits per heavy atom. The summed E-state index contributed by atoms with van der Waals surface area (Å²) in [6.45, 7) is 6.73. The number of rotatable bonds is 16. The number of carboxylic acid groups (broad SMARTS) is 1. The van der Waals surface area contributed by atoms with Crippen molar-refractivity contribution in [3.63, 3.8) is 0 Å². The summed E-state index contributed by atoms with van der Waals surface area (Å²) in [6, 6.07) is 62.5. The van der Waals surface area contributed by atoms with Gasteiger partial charge in [0.25, 0.3) is 11.8 Å². The summed E-state index contributed by atoms with van der Waals surface area (Å²) in [4.78, 5) is 126. The number of aromatic nitrogens is 7. The van der Waals surface area contributed by atoms with Crippen molar-refractivity contribution < 1.29 is 62.4 Å². The summed E-state index contributed by atoms with van der Waals surface area (Å²) in [5.74, 6) is 0.888. The second-order valence-electron chi connectivity index (χ2n) is 32.2. The summed E-state index contributed by atoms with van der Waals surface area (Å²) in [7, 11) is 8.59. The molecule has 27 nitrogen and oxygen atoms in total. The lowest BCUT2D eigenvalue weighted by Gasteiger charge is -2.35. The van der Waals surface area contributed by atoms with Crippen LogP contribution in [0.25, 0.3) is 43.6 Å². The Balaban J connectivity index is 0.000000129. The number of nitrogens with one attached hydrogen (secondary N) is 5. The Kier molecular flexibility index (Phi) is 28.4. The first-order valence-corrected chi connectivity index (χ1v) is 45.5. The maximum absolute atomic E-state index is 13.3. The number of anilines is 1. The predicted molar refractivity (Wildman–Crippen MR) is 516 cm³/mol. The highest BCUT2D eigenvalue weighted by Crippen LogP contribution is 2.46. The van der Waals surface area contributed by atoms with Gasteiger partial charge in [-0.1, -0.05) is 105 Å². The summed E-state index contributed by atoms with van der Waals surface area (Å²) >= 11 is 28.3. The number of pyridine rings is 1. The number of halogens is 5. The van der Waals surface area contributed by atoms with Crippen LogP contribution in [0.1, 0.15) is 142 Å². The van der Waals surface area contributed by atoms with Crippen molar-refractivity contribution in [3.05, 3.63) is 345 Å². The van der Waals surface area contributed by atoms with Crippen molar-refractivity contribution in [2.24, 2.45) is 0 Å². The predicted octanol–water partition coefficient (Wildman–Crippen LogP) is 21.5. The minimum atomic E-state index is -1.000. The molecule has 133 heavy (non-hydrogen) atoms. The second kappa shape index (κ2) is 40.9. The molecule has 32 heteroatoms. The lowest BCUT2D eigenvalue weighted by atomic mass is 9.92. The molecule has 0 aliphatic carbocycles. The fourth-order valence-corrected chi connectivity index (χ4v) is 18.6. The van der Waals surface area contributed by atoms with Gasteiger partial charge < -0.3 is 63.8 Å². The zero-order valence-electron chi connectivity index (χ0n) is 73.5. The van der Waals surface area contributed by atoms with Crippen molar-refractivity contribution in [1.82, 2.24) is 64.3 Å². The van der Waals surface area contributed by atoms with Crippen LogP contribution in [0.3, 0.4) is 0 Å². The largest absolute Gasteiger partial charge is 0.497 e. The van der Waals surface area contributed by atoms with E-state index in [0.717, 1.165) is 121 Å². The third kappa shape index (κ3) is 20.1. The quantitative estimate of drug-likeness (QED) is 0.0523. The molecule has 4 atom stereocenters. The molecule has 0 bridgehead atoms. The van der Waals surface area contributed by atoms with Crippen LogP contribution in [0.15, 0.2) is 235 Å². The number of carbonyl (C=O) groups excluding carboxylic acids is 6. The molecule has 15 aromatic rings. The van der Waals surface area contributed by atoms with E-state index < -0.39 is 30.2 Å². The molecular formula is C101H93BrCl4N14O13. The highest BCUT2D eigenvalue weighted by molar-refractivity contribution is 9.10. The van der Waals surface area contributed by atoms with Crippen LogP contribution in [-0.4, -0.2) is 193 Å². The van der Waals surface area contributed by atoms with Crippen molar-refractivity contribution in [1.29, 1.82) is 0 Å². The van der Waals surface area contributed by atoms with E-state index >= 15 is 0 Å². The van der Waals surface area contributed by atoms with Gasteiger partial charge in [0.2, 0.25) is 5.95 Å². The fourth-order valence-electron chi connectivity index (χ4n) is 17.6. The number of benzene rings is 9. The van der Waals surface area contributed by atoms with Gasteiger partial charge >= 0.3 is 30.3 Å². The summed E-state index contributed by atoms with van der Waals surface area (Å²) < 4.78 is 28.2. The number of aromatic carboxylic acids is 1. The Morgan fingerprint density at radius 3 is 1.29 bits per heavy atom. The van der Waals surface area contributed by atoms with Crippen molar-refractivity contribution in [2.75, 3.05) is 86.6 Å². The SMILES string of the molecule is CCOC(=O)N1CCc2c([nH]c3ccc(Cl)cc23)C1c1ccc(C(=O)N(C)CCc2ccccn2)cc1.CCOC(=O)N1CCc2c([nH]c3ccc(Cl)cc23)C1c1cccc(C(=O)N(C)C)c1.CNc1ncc(C2c3[nH]c4ccc(Cl)cc4c3CCN2C(=O)Oc2ccc(OC)cc2)cn1.O=C(O)c1ccc(C2c3[nH]c4ccc(Br)cc4c3CCN2C(=O)Oc2ccc(Cl)cc2)cc1. The Morgan fingerprint density at radius 2 is 0.857 bits per heavy atom. The molecule has 9 aromatic carbocycles. The molecule has 680 valence electrons. The van der Waals surface area contributed by atoms with Gasteiger partial charge in [0, 0.05) is 199 Å². The highest BCUT2D eigenvalue weighted by Gasteiger charge is 2.41. The van der Waals surface area contributed by atoms with Crippen LogP contribution >= 0.6 is 62.3 Å². The van der Waals surface area contributed by atoms with Crippen LogP contribution in [0.2, 0.25) is 20.1 Å². The molecule has 6 amide bonds. The molecule has 6 N–H and O–H groups in total. The monoisotopic (exact) mass is 1930 g/mol. The van der Waals surface area contributed by atoms with E-state index in [4.69, 9.17) is 70.1 Å². The number of carbonyl (C=O) groups is 7. The number of ether oxygens (including phenoxy) is 5. The van der Waals surface area contributed by atoms with Gasteiger partial charge in [-0.2, -0.15) is 0 Å². The number of likely N-dealkylation sites (N-methyl/N-ethyl adjacent to an activating group) is 1. The first-order valence-electron chi connectivity index (χ1n) is 43.2. The van der Waals surface area contributed by atoms with E-state index in [0.29, 0.717) is 132 Å². The van der Waals surface area contributed by atoms with E-state index in [1.165, 1.54) is 0 Å². The normalized spacial score (nSPS) is 15.3. The lowest BCUT2D eigenvalue weighted by molar-refractivity contribution is 0.0694. The van der Waals surface area contributed by atoms with Crippen LogP contribution in [0.5, 0.6) is 17.2 Å². The molecule has 4 aliphatic heterocycles. The van der Waals surface area contributed by atoms with E-state index in [9.17, 15) is 38.7 Å². The van der Waals surface area contributed by atoms with Crippen molar-refractivity contribution in [3.8, 4) is 17.2 Å². The van der Waals surface area contributed by atoms with Crippen molar-refractivity contribution >= 4 is 154 Å². The summed E-state index contributed by atoms with van der Waals surface area (Å²) in [5, 5.41) is 19.1. The molecular weight excluding hydrogens is 1840 g/mol. The average molecular weight is 1930 g/mol.